The number of imidazole rings is 1. The zero-order valence-electron chi connectivity index (χ0n) is 11.4. The Bertz CT molecular complexity index is 668. The van der Waals surface area contributed by atoms with Gasteiger partial charge in [0.25, 0.3) is 0 Å². The maximum absolute atomic E-state index is 11.4. The minimum Gasteiger partial charge on any atom is -0.306 e. The zero-order valence-corrected chi connectivity index (χ0v) is 14.6. The van der Waals surface area contributed by atoms with Crippen LogP contribution < -0.4 is 5.69 Å². The maximum Gasteiger partial charge on any atom is 0.323 e. The first-order chi connectivity index (χ1) is 9.54. The van der Waals surface area contributed by atoms with E-state index in [-0.39, 0.29) is 5.69 Å². The molecule has 0 spiro atoms. The molecule has 3 rings (SSSR count). The van der Waals surface area contributed by atoms with E-state index in [4.69, 9.17) is 0 Å². The number of fused-ring (bicyclic) bond motifs is 1. The molecule has 0 radical (unpaired) electrons. The van der Waals surface area contributed by atoms with Crippen LogP contribution in [0, 0.1) is 11.8 Å². The second kappa shape index (κ2) is 5.68. The lowest BCUT2D eigenvalue weighted by Gasteiger charge is -2.30. The summed E-state index contributed by atoms with van der Waals surface area (Å²) in [5.41, 5.74) is 2.80. The molecule has 2 N–H and O–H groups in total. The average molecular weight is 402 g/mol. The van der Waals surface area contributed by atoms with Crippen LogP contribution in [0.5, 0.6) is 0 Å². The lowest BCUT2D eigenvalue weighted by atomic mass is 9.80. The molecule has 1 unspecified atom stereocenters. The third-order valence-corrected chi connectivity index (χ3v) is 6.33. The molecule has 0 amide bonds. The van der Waals surface area contributed by atoms with E-state index in [1.54, 1.807) is 0 Å². The standard InChI is InChI=1S/C15H18Br2N2O/c1-8-2-4-9(5-3-8)14(17)10-6-12-13(7-11(10)16)19-15(20)18-12/h6-9,14H,2-5H2,1H3,(H2,18,19,20). The lowest BCUT2D eigenvalue weighted by molar-refractivity contribution is 0.287. The van der Waals surface area contributed by atoms with Crippen LogP contribution in [0.4, 0.5) is 0 Å². The van der Waals surface area contributed by atoms with Crippen LogP contribution >= 0.6 is 31.9 Å². The van der Waals surface area contributed by atoms with Crippen LogP contribution in [0.3, 0.4) is 0 Å². The Hall–Kier alpha value is -0.550. The Balaban J connectivity index is 1.92. The quantitative estimate of drug-likeness (QED) is 0.692. The molecular weight excluding hydrogens is 384 g/mol. The number of aromatic amines is 2. The summed E-state index contributed by atoms with van der Waals surface area (Å²) in [5.74, 6) is 1.53. The smallest absolute Gasteiger partial charge is 0.306 e. The van der Waals surface area contributed by atoms with Crippen molar-refractivity contribution in [3.63, 3.8) is 0 Å². The first kappa shape index (κ1) is 14.4. The molecule has 1 aromatic carbocycles. The van der Waals surface area contributed by atoms with E-state index in [0.29, 0.717) is 10.7 Å². The lowest BCUT2D eigenvalue weighted by Crippen LogP contribution is -2.16. The SMILES string of the molecule is CC1CCC(C(Br)c2cc3[nH]c(=O)[nH]c3cc2Br)CC1. The number of H-pyrrole nitrogens is 2. The molecule has 1 atom stereocenters. The van der Waals surface area contributed by atoms with Crippen molar-refractivity contribution < 1.29 is 0 Å². The largest absolute Gasteiger partial charge is 0.323 e. The van der Waals surface area contributed by atoms with Gasteiger partial charge in [0.1, 0.15) is 0 Å². The Morgan fingerprint density at radius 1 is 1.15 bits per heavy atom. The second-order valence-corrected chi connectivity index (χ2v) is 7.76. The number of nitrogens with one attached hydrogen (secondary N) is 2. The number of alkyl halides is 1. The highest BCUT2D eigenvalue weighted by atomic mass is 79.9. The fourth-order valence-electron chi connectivity index (χ4n) is 3.12. The molecule has 0 bridgehead atoms. The minimum atomic E-state index is -0.151. The Morgan fingerprint density at radius 3 is 2.40 bits per heavy atom. The molecule has 5 heteroatoms. The molecular formula is C15H18Br2N2O. The predicted molar refractivity (Wildman–Crippen MR) is 89.4 cm³/mol. The Labute approximate surface area is 134 Å². The van der Waals surface area contributed by atoms with Gasteiger partial charge in [-0.1, -0.05) is 51.6 Å². The molecule has 1 saturated carbocycles. The van der Waals surface area contributed by atoms with E-state index in [0.717, 1.165) is 21.4 Å². The van der Waals surface area contributed by atoms with E-state index >= 15 is 0 Å². The molecule has 1 aliphatic rings. The van der Waals surface area contributed by atoms with Crippen molar-refractivity contribution in [2.75, 3.05) is 0 Å². The summed E-state index contributed by atoms with van der Waals surface area (Å²) < 4.78 is 1.06. The summed E-state index contributed by atoms with van der Waals surface area (Å²) in [5, 5.41) is 0. The van der Waals surface area contributed by atoms with Gasteiger partial charge < -0.3 is 9.97 Å². The van der Waals surface area contributed by atoms with Crippen LogP contribution in [-0.2, 0) is 0 Å². The molecule has 108 valence electrons. The fourth-order valence-corrected chi connectivity index (χ4v) is 4.92. The van der Waals surface area contributed by atoms with Gasteiger partial charge >= 0.3 is 5.69 Å². The maximum atomic E-state index is 11.4. The van der Waals surface area contributed by atoms with Crippen LogP contribution in [0.15, 0.2) is 21.4 Å². The highest BCUT2D eigenvalue weighted by Gasteiger charge is 2.27. The molecule has 20 heavy (non-hydrogen) atoms. The molecule has 0 aliphatic heterocycles. The van der Waals surface area contributed by atoms with Gasteiger partial charge in [0, 0.05) is 9.30 Å². The van der Waals surface area contributed by atoms with Crippen LogP contribution in [0.2, 0.25) is 0 Å². The Morgan fingerprint density at radius 2 is 1.75 bits per heavy atom. The number of hydrogen-bond donors (Lipinski definition) is 2. The van der Waals surface area contributed by atoms with Gasteiger partial charge in [0.2, 0.25) is 0 Å². The first-order valence-corrected chi connectivity index (χ1v) is 8.81. The number of hydrogen-bond acceptors (Lipinski definition) is 1. The van der Waals surface area contributed by atoms with Crippen molar-refractivity contribution in [1.82, 2.24) is 9.97 Å². The van der Waals surface area contributed by atoms with Crippen LogP contribution in [0.1, 0.15) is 43.0 Å². The van der Waals surface area contributed by atoms with Crippen molar-refractivity contribution in [3.8, 4) is 0 Å². The van der Waals surface area contributed by atoms with Crippen LogP contribution in [0.25, 0.3) is 11.0 Å². The van der Waals surface area contributed by atoms with E-state index in [9.17, 15) is 4.79 Å². The number of aromatic nitrogens is 2. The molecule has 0 saturated heterocycles. The van der Waals surface area contributed by atoms with Crippen molar-refractivity contribution in [2.24, 2.45) is 11.8 Å². The predicted octanol–water partition coefficient (Wildman–Crippen LogP) is 4.88. The van der Waals surface area contributed by atoms with Crippen molar-refractivity contribution in [1.29, 1.82) is 0 Å². The molecule has 1 fully saturated rings. The fraction of sp³-hybridized carbons (Fsp3) is 0.533. The molecule has 1 aliphatic carbocycles. The normalized spacial score (nSPS) is 24.9. The van der Waals surface area contributed by atoms with E-state index in [2.05, 4.69) is 54.8 Å². The highest BCUT2D eigenvalue weighted by Crippen LogP contribution is 2.44. The highest BCUT2D eigenvalue weighted by molar-refractivity contribution is 9.11. The molecule has 3 nitrogen and oxygen atoms in total. The van der Waals surface area contributed by atoms with E-state index in [1.165, 1.54) is 31.2 Å². The third kappa shape index (κ3) is 2.75. The molecule has 1 aromatic heterocycles. The minimum absolute atomic E-state index is 0.151. The van der Waals surface area contributed by atoms with Gasteiger partial charge in [-0.2, -0.15) is 0 Å². The van der Waals surface area contributed by atoms with Gasteiger partial charge in [-0.3, -0.25) is 0 Å². The zero-order chi connectivity index (χ0) is 14.3. The number of rotatable bonds is 2. The van der Waals surface area contributed by atoms with Gasteiger partial charge in [-0.15, -0.1) is 0 Å². The Kier molecular flexibility index (Phi) is 4.09. The summed E-state index contributed by atoms with van der Waals surface area (Å²) >= 11 is 7.52. The van der Waals surface area contributed by atoms with Crippen LogP contribution in [-0.4, -0.2) is 9.97 Å². The topological polar surface area (TPSA) is 48.6 Å². The molecule has 1 heterocycles. The van der Waals surface area contributed by atoms with E-state index in [1.807, 2.05) is 6.07 Å². The molecule has 2 aromatic rings. The summed E-state index contributed by atoms with van der Waals surface area (Å²) in [6.07, 6.45) is 5.16. The van der Waals surface area contributed by atoms with Gasteiger partial charge in [0.15, 0.2) is 0 Å². The summed E-state index contributed by atoms with van der Waals surface area (Å²) in [4.78, 5) is 17.4. The van der Waals surface area contributed by atoms with Crippen molar-refractivity contribution in [3.05, 3.63) is 32.7 Å². The summed E-state index contributed by atoms with van der Waals surface area (Å²) in [6, 6.07) is 4.07. The van der Waals surface area contributed by atoms with Crippen molar-refractivity contribution >= 4 is 42.9 Å². The van der Waals surface area contributed by atoms with Gasteiger partial charge in [-0.25, -0.2) is 4.79 Å². The summed E-state index contributed by atoms with van der Waals surface area (Å²) in [6.45, 7) is 2.34. The first-order valence-electron chi connectivity index (χ1n) is 7.10. The summed E-state index contributed by atoms with van der Waals surface area (Å²) in [7, 11) is 0. The third-order valence-electron chi connectivity index (χ3n) is 4.40. The number of halogens is 2. The number of benzene rings is 1. The van der Waals surface area contributed by atoms with Crippen molar-refractivity contribution in [2.45, 2.75) is 37.4 Å². The monoisotopic (exact) mass is 400 g/mol. The van der Waals surface area contributed by atoms with Gasteiger partial charge in [0.05, 0.1) is 11.0 Å². The van der Waals surface area contributed by atoms with Gasteiger partial charge in [-0.05, 0) is 42.4 Å². The average Bonchev–Trinajstić information content (AvgIpc) is 2.77. The second-order valence-electron chi connectivity index (χ2n) is 5.92. The van der Waals surface area contributed by atoms with E-state index < -0.39 is 0 Å².